The van der Waals surface area contributed by atoms with Gasteiger partial charge in [0, 0.05) is 25.8 Å². The molecule has 0 bridgehead atoms. The summed E-state index contributed by atoms with van der Waals surface area (Å²) in [6, 6.07) is 14.7. The average molecular weight is 418 g/mol. The number of hydrogen-bond acceptors (Lipinski definition) is 4. The van der Waals surface area contributed by atoms with Crippen LogP contribution in [0.15, 0.2) is 53.4 Å². The summed E-state index contributed by atoms with van der Waals surface area (Å²) >= 11 is 0. The monoisotopic (exact) mass is 417 g/mol. The van der Waals surface area contributed by atoms with Crippen molar-refractivity contribution in [2.24, 2.45) is 5.92 Å². The van der Waals surface area contributed by atoms with Crippen molar-refractivity contribution >= 4 is 21.6 Å². The summed E-state index contributed by atoms with van der Waals surface area (Å²) in [6.45, 7) is 6.52. The highest BCUT2D eigenvalue weighted by molar-refractivity contribution is 7.89. The van der Waals surface area contributed by atoms with Crippen LogP contribution in [-0.2, 0) is 21.2 Å². The largest absolute Gasteiger partial charge is 0.325 e. The Bertz CT molecular complexity index is 905. The molecule has 2 aromatic rings. The Balaban J connectivity index is 1.98. The van der Waals surface area contributed by atoms with Gasteiger partial charge in [-0.3, -0.25) is 4.79 Å². The van der Waals surface area contributed by atoms with E-state index < -0.39 is 10.0 Å². The van der Waals surface area contributed by atoms with Crippen LogP contribution in [0, 0.1) is 5.92 Å². The zero-order valence-electron chi connectivity index (χ0n) is 17.8. The topological polar surface area (TPSA) is 78.5 Å². The lowest BCUT2D eigenvalue weighted by molar-refractivity contribution is -0.115. The Hall–Kier alpha value is -2.22. The van der Waals surface area contributed by atoms with Crippen LogP contribution < -0.4 is 10.6 Å². The molecule has 0 fully saturated rings. The van der Waals surface area contributed by atoms with Gasteiger partial charge in [-0.1, -0.05) is 45.0 Å². The van der Waals surface area contributed by atoms with Crippen LogP contribution in [-0.4, -0.2) is 39.3 Å². The summed E-state index contributed by atoms with van der Waals surface area (Å²) in [4.78, 5) is 12.6. The van der Waals surface area contributed by atoms with E-state index in [2.05, 4.69) is 55.7 Å². The van der Waals surface area contributed by atoms with Crippen LogP contribution in [0.5, 0.6) is 0 Å². The number of anilines is 1. The predicted octanol–water partition coefficient (Wildman–Crippen LogP) is 3.42. The van der Waals surface area contributed by atoms with Gasteiger partial charge in [0.1, 0.15) is 0 Å². The molecule has 0 aliphatic carbocycles. The third-order valence-corrected chi connectivity index (χ3v) is 6.64. The number of nitrogens with zero attached hydrogens (tertiary/aromatic N) is 1. The molecular weight excluding hydrogens is 386 g/mol. The van der Waals surface area contributed by atoms with Crippen molar-refractivity contribution < 1.29 is 13.2 Å². The Morgan fingerprint density at radius 1 is 1.00 bits per heavy atom. The van der Waals surface area contributed by atoms with Crippen LogP contribution in [0.2, 0.25) is 0 Å². The molecule has 6 nitrogen and oxygen atoms in total. The number of nitrogens with one attached hydrogen (secondary N) is 2. The van der Waals surface area contributed by atoms with Crippen LogP contribution in [0.1, 0.15) is 37.9 Å². The van der Waals surface area contributed by atoms with Gasteiger partial charge in [-0.05, 0) is 47.7 Å². The van der Waals surface area contributed by atoms with E-state index in [-0.39, 0.29) is 23.4 Å². The molecule has 0 heterocycles. The van der Waals surface area contributed by atoms with Crippen molar-refractivity contribution in [1.82, 2.24) is 9.62 Å². The molecule has 7 heteroatoms. The minimum atomic E-state index is -3.48. The van der Waals surface area contributed by atoms with Gasteiger partial charge < -0.3 is 10.6 Å². The van der Waals surface area contributed by atoms with Gasteiger partial charge in [-0.25, -0.2) is 12.7 Å². The smallest absolute Gasteiger partial charge is 0.242 e. The van der Waals surface area contributed by atoms with Crippen molar-refractivity contribution in [3.05, 3.63) is 59.7 Å². The first-order chi connectivity index (χ1) is 13.6. The molecule has 1 atom stereocenters. The third-order valence-electron chi connectivity index (χ3n) is 4.81. The Labute approximate surface area is 174 Å². The van der Waals surface area contributed by atoms with E-state index in [1.807, 2.05) is 0 Å². The van der Waals surface area contributed by atoms with Crippen LogP contribution >= 0.6 is 0 Å². The van der Waals surface area contributed by atoms with Crippen molar-refractivity contribution in [2.45, 2.75) is 38.1 Å². The van der Waals surface area contributed by atoms with Crippen LogP contribution in [0.3, 0.4) is 0 Å². The SMILES string of the molecule is CCc1ccc([C@H](NCC(=O)Nc2ccc(S(=O)(=O)N(C)C)cc2)C(C)C)cc1. The highest BCUT2D eigenvalue weighted by atomic mass is 32.2. The maximum absolute atomic E-state index is 12.4. The summed E-state index contributed by atoms with van der Waals surface area (Å²) in [5, 5.41) is 6.13. The van der Waals surface area contributed by atoms with Gasteiger partial charge in [-0.15, -0.1) is 0 Å². The first-order valence-electron chi connectivity index (χ1n) is 9.79. The molecule has 0 saturated heterocycles. The van der Waals surface area contributed by atoms with Gasteiger partial charge >= 0.3 is 0 Å². The lowest BCUT2D eigenvalue weighted by Gasteiger charge is -2.23. The fourth-order valence-electron chi connectivity index (χ4n) is 3.03. The average Bonchev–Trinajstić information content (AvgIpc) is 2.68. The van der Waals surface area contributed by atoms with Crippen LogP contribution in [0.25, 0.3) is 0 Å². The molecule has 2 aromatic carbocycles. The van der Waals surface area contributed by atoms with E-state index in [9.17, 15) is 13.2 Å². The van der Waals surface area contributed by atoms with E-state index >= 15 is 0 Å². The lowest BCUT2D eigenvalue weighted by atomic mass is 9.95. The van der Waals surface area contributed by atoms with Crippen molar-refractivity contribution in [3.63, 3.8) is 0 Å². The molecule has 0 aliphatic rings. The third kappa shape index (κ3) is 6.13. The molecule has 0 radical (unpaired) electrons. The molecule has 0 unspecified atom stereocenters. The minimum Gasteiger partial charge on any atom is -0.325 e. The minimum absolute atomic E-state index is 0.0688. The molecule has 0 aromatic heterocycles. The molecule has 0 aliphatic heterocycles. The fourth-order valence-corrected chi connectivity index (χ4v) is 3.93. The quantitative estimate of drug-likeness (QED) is 0.655. The van der Waals surface area contributed by atoms with E-state index in [0.717, 1.165) is 16.3 Å². The van der Waals surface area contributed by atoms with Gasteiger partial charge in [0.05, 0.1) is 11.4 Å². The number of carbonyl (C=O) groups is 1. The van der Waals surface area contributed by atoms with E-state index in [0.29, 0.717) is 11.6 Å². The maximum atomic E-state index is 12.4. The molecule has 29 heavy (non-hydrogen) atoms. The zero-order valence-corrected chi connectivity index (χ0v) is 18.6. The van der Waals surface area contributed by atoms with E-state index in [4.69, 9.17) is 0 Å². The zero-order chi connectivity index (χ0) is 21.6. The summed E-state index contributed by atoms with van der Waals surface area (Å²) < 4.78 is 25.4. The van der Waals surface area contributed by atoms with Gasteiger partial charge in [0.15, 0.2) is 0 Å². The van der Waals surface area contributed by atoms with Crippen LogP contribution in [0.4, 0.5) is 5.69 Å². The number of amides is 1. The Morgan fingerprint density at radius 2 is 1.59 bits per heavy atom. The van der Waals surface area contributed by atoms with Gasteiger partial charge in [-0.2, -0.15) is 0 Å². The maximum Gasteiger partial charge on any atom is 0.242 e. The normalized spacial score (nSPS) is 12.9. The van der Waals surface area contributed by atoms with E-state index in [1.165, 1.54) is 31.8 Å². The summed E-state index contributed by atoms with van der Waals surface area (Å²) in [5.41, 5.74) is 3.00. The number of sulfonamides is 1. The van der Waals surface area contributed by atoms with Gasteiger partial charge in [0.25, 0.3) is 0 Å². The molecule has 2 rings (SSSR count). The highest BCUT2D eigenvalue weighted by Gasteiger charge is 2.18. The number of carbonyl (C=O) groups excluding carboxylic acids is 1. The number of rotatable bonds is 9. The van der Waals surface area contributed by atoms with Gasteiger partial charge in [0.2, 0.25) is 15.9 Å². The number of benzene rings is 2. The first-order valence-corrected chi connectivity index (χ1v) is 11.2. The first kappa shape index (κ1) is 23.1. The van der Waals surface area contributed by atoms with E-state index in [1.54, 1.807) is 12.1 Å². The highest BCUT2D eigenvalue weighted by Crippen LogP contribution is 2.22. The van der Waals surface area contributed by atoms with Crippen molar-refractivity contribution in [1.29, 1.82) is 0 Å². The molecule has 158 valence electrons. The summed E-state index contributed by atoms with van der Waals surface area (Å²) in [6.07, 6.45) is 0.997. The lowest BCUT2D eigenvalue weighted by Crippen LogP contribution is -2.33. The Morgan fingerprint density at radius 3 is 2.07 bits per heavy atom. The predicted molar refractivity (Wildman–Crippen MR) is 117 cm³/mol. The second-order valence-corrected chi connectivity index (χ2v) is 9.71. The standard InChI is InChI=1S/C22H31N3O3S/c1-6-17-7-9-18(10-8-17)22(16(2)3)23-15-21(26)24-19-11-13-20(14-12-19)29(27,28)25(4)5/h7-14,16,22-23H,6,15H2,1-5H3,(H,24,26)/t22-/m1/s1. The summed E-state index contributed by atoms with van der Waals surface area (Å²) in [7, 11) is -0.513. The molecule has 0 spiro atoms. The van der Waals surface area contributed by atoms with Crippen molar-refractivity contribution in [3.8, 4) is 0 Å². The molecular formula is C22H31N3O3S. The summed E-state index contributed by atoms with van der Waals surface area (Å²) in [5.74, 6) is 0.148. The number of aryl methyl sites for hydroxylation is 1. The fraction of sp³-hybridized carbons (Fsp3) is 0.409. The van der Waals surface area contributed by atoms with Crippen molar-refractivity contribution in [2.75, 3.05) is 26.0 Å². The molecule has 2 N–H and O–H groups in total. The second-order valence-electron chi connectivity index (χ2n) is 7.56. The second kappa shape index (κ2) is 10.0. The molecule has 1 amide bonds. The Kier molecular flexibility index (Phi) is 7.96. The molecule has 0 saturated carbocycles. The number of hydrogen-bond donors (Lipinski definition) is 2.